The van der Waals surface area contributed by atoms with Gasteiger partial charge in [-0.2, -0.15) is 0 Å². The first kappa shape index (κ1) is 43.4. The molecule has 0 fully saturated rings. The van der Waals surface area contributed by atoms with Crippen LogP contribution in [0.15, 0.2) is 0 Å². The molecule has 0 aromatic rings. The Bertz CT molecular complexity index is 555. The molecule has 0 aliphatic carbocycles. The van der Waals surface area contributed by atoms with E-state index in [1.54, 1.807) is 0 Å². The minimum Gasteiger partial charge on any atom is -0.394 e. The molecule has 264 valence electrons. The van der Waals surface area contributed by atoms with E-state index in [9.17, 15) is 15.0 Å². The van der Waals surface area contributed by atoms with Gasteiger partial charge in [-0.3, -0.25) is 4.79 Å². The number of carbonyl (C=O) groups excluding carboxylic acids is 1. The van der Waals surface area contributed by atoms with E-state index in [1.165, 1.54) is 180 Å². The van der Waals surface area contributed by atoms with Gasteiger partial charge < -0.3 is 15.5 Å². The second-order valence-electron chi connectivity index (χ2n) is 14.1. The Morgan fingerprint density at radius 1 is 0.455 bits per heavy atom. The first-order chi connectivity index (χ1) is 21.7. The van der Waals surface area contributed by atoms with Crippen molar-refractivity contribution in [2.45, 2.75) is 244 Å². The summed E-state index contributed by atoms with van der Waals surface area (Å²) in [5.41, 5.74) is 0. The molecule has 0 bridgehead atoms. The van der Waals surface area contributed by atoms with Crippen molar-refractivity contribution in [1.29, 1.82) is 0 Å². The van der Waals surface area contributed by atoms with Crippen LogP contribution >= 0.6 is 0 Å². The maximum atomic E-state index is 12.2. The van der Waals surface area contributed by atoms with E-state index in [2.05, 4.69) is 19.2 Å². The van der Waals surface area contributed by atoms with Crippen LogP contribution in [0.1, 0.15) is 232 Å². The number of aliphatic hydroxyl groups excluding tert-OH is 2. The smallest absolute Gasteiger partial charge is 0.220 e. The third-order valence-corrected chi connectivity index (χ3v) is 9.62. The lowest BCUT2D eigenvalue weighted by molar-refractivity contribution is -0.123. The van der Waals surface area contributed by atoms with Crippen molar-refractivity contribution in [3.05, 3.63) is 0 Å². The highest BCUT2D eigenvalue weighted by molar-refractivity contribution is 5.76. The Hall–Kier alpha value is -0.610. The van der Waals surface area contributed by atoms with Crippen molar-refractivity contribution in [3.63, 3.8) is 0 Å². The second kappa shape index (κ2) is 36.9. The standard InChI is InChI=1S/C40H81NO3/c1-3-5-7-9-11-12-13-14-15-16-17-18-19-20-21-22-23-24-25-26-27-28-30-31-33-35-39(43)38(37-42)41-40(44)36-34-32-29-10-8-6-4-2/h38-39,42-43H,3-37H2,1-2H3,(H,41,44). The topological polar surface area (TPSA) is 69.6 Å². The van der Waals surface area contributed by atoms with Crippen LogP contribution in [0.2, 0.25) is 0 Å². The highest BCUT2D eigenvalue weighted by atomic mass is 16.3. The van der Waals surface area contributed by atoms with Crippen molar-refractivity contribution in [2.75, 3.05) is 6.61 Å². The van der Waals surface area contributed by atoms with Crippen molar-refractivity contribution < 1.29 is 15.0 Å². The summed E-state index contributed by atoms with van der Waals surface area (Å²) in [6.07, 6.45) is 43.4. The zero-order valence-corrected chi connectivity index (χ0v) is 30.2. The van der Waals surface area contributed by atoms with Gasteiger partial charge in [0.1, 0.15) is 0 Å². The number of nitrogens with one attached hydrogen (secondary N) is 1. The first-order valence-corrected chi connectivity index (χ1v) is 20.2. The van der Waals surface area contributed by atoms with Gasteiger partial charge in [-0.15, -0.1) is 0 Å². The van der Waals surface area contributed by atoms with Gasteiger partial charge in [-0.25, -0.2) is 0 Å². The molecule has 0 saturated carbocycles. The zero-order chi connectivity index (χ0) is 32.2. The number of unbranched alkanes of at least 4 members (excludes halogenated alkanes) is 30. The molecule has 4 nitrogen and oxygen atoms in total. The SMILES string of the molecule is CCCCCCCCCCCCCCCCCCCCCCCCCCCC(O)C(CO)NC(=O)CCCCCCCCC. The Balaban J connectivity index is 3.37. The van der Waals surface area contributed by atoms with Crippen LogP contribution in [0.25, 0.3) is 0 Å². The fourth-order valence-corrected chi connectivity index (χ4v) is 6.48. The molecule has 0 aliphatic rings. The molecule has 0 heterocycles. The zero-order valence-electron chi connectivity index (χ0n) is 30.2. The van der Waals surface area contributed by atoms with E-state index in [4.69, 9.17) is 0 Å². The highest BCUT2D eigenvalue weighted by Crippen LogP contribution is 2.17. The van der Waals surface area contributed by atoms with Gasteiger partial charge in [0.25, 0.3) is 0 Å². The lowest BCUT2D eigenvalue weighted by Crippen LogP contribution is -2.45. The second-order valence-corrected chi connectivity index (χ2v) is 14.1. The fraction of sp³-hybridized carbons (Fsp3) is 0.975. The van der Waals surface area contributed by atoms with E-state index < -0.39 is 12.1 Å². The summed E-state index contributed by atoms with van der Waals surface area (Å²) in [7, 11) is 0. The van der Waals surface area contributed by atoms with Crippen LogP contribution in [0.3, 0.4) is 0 Å². The van der Waals surface area contributed by atoms with Crippen molar-refractivity contribution in [3.8, 4) is 0 Å². The third-order valence-electron chi connectivity index (χ3n) is 9.62. The predicted molar refractivity (Wildman–Crippen MR) is 193 cm³/mol. The number of carbonyl (C=O) groups is 1. The molecule has 2 atom stereocenters. The van der Waals surface area contributed by atoms with Crippen LogP contribution in [0, 0.1) is 0 Å². The van der Waals surface area contributed by atoms with Crippen LogP contribution in [-0.4, -0.2) is 34.9 Å². The molecule has 44 heavy (non-hydrogen) atoms. The fourth-order valence-electron chi connectivity index (χ4n) is 6.48. The molecule has 0 saturated heterocycles. The normalized spacial score (nSPS) is 12.9. The van der Waals surface area contributed by atoms with Crippen molar-refractivity contribution >= 4 is 5.91 Å². The summed E-state index contributed by atoms with van der Waals surface area (Å²) in [6.45, 7) is 4.33. The third kappa shape index (κ3) is 32.8. The number of hydrogen-bond donors (Lipinski definition) is 3. The summed E-state index contributed by atoms with van der Waals surface area (Å²) < 4.78 is 0. The quantitative estimate of drug-likeness (QED) is 0.0603. The van der Waals surface area contributed by atoms with Gasteiger partial charge in [-0.1, -0.05) is 213 Å². The van der Waals surface area contributed by atoms with Crippen LogP contribution < -0.4 is 5.32 Å². The van der Waals surface area contributed by atoms with Crippen molar-refractivity contribution in [2.24, 2.45) is 0 Å². The van der Waals surface area contributed by atoms with Crippen molar-refractivity contribution in [1.82, 2.24) is 5.32 Å². The number of aliphatic hydroxyl groups is 2. The average molecular weight is 624 g/mol. The maximum Gasteiger partial charge on any atom is 0.220 e. The monoisotopic (exact) mass is 624 g/mol. The molecule has 2 unspecified atom stereocenters. The average Bonchev–Trinajstić information content (AvgIpc) is 3.03. The lowest BCUT2D eigenvalue weighted by Gasteiger charge is -2.22. The maximum absolute atomic E-state index is 12.2. The van der Waals surface area contributed by atoms with Crippen LogP contribution in [-0.2, 0) is 4.79 Å². The minimum absolute atomic E-state index is 0.0357. The molecule has 0 radical (unpaired) electrons. The van der Waals surface area contributed by atoms with Crippen LogP contribution in [0.4, 0.5) is 0 Å². The predicted octanol–water partition coefficient (Wildman–Crippen LogP) is 12.1. The largest absolute Gasteiger partial charge is 0.394 e. The molecule has 0 aromatic heterocycles. The minimum atomic E-state index is -0.650. The Labute approximate surface area is 276 Å². The molecule has 0 spiro atoms. The molecular weight excluding hydrogens is 542 g/mol. The molecule has 0 rings (SSSR count). The highest BCUT2D eigenvalue weighted by Gasteiger charge is 2.19. The summed E-state index contributed by atoms with van der Waals surface area (Å²) >= 11 is 0. The summed E-state index contributed by atoms with van der Waals surface area (Å²) in [6, 6.07) is -0.526. The van der Waals surface area contributed by atoms with E-state index in [0.717, 1.165) is 25.7 Å². The molecule has 0 aliphatic heterocycles. The molecule has 3 N–H and O–H groups in total. The van der Waals surface area contributed by atoms with Gasteiger partial charge in [0.15, 0.2) is 0 Å². The summed E-state index contributed by atoms with van der Waals surface area (Å²) in [4.78, 5) is 12.2. The van der Waals surface area contributed by atoms with E-state index >= 15 is 0 Å². The number of rotatable bonds is 37. The van der Waals surface area contributed by atoms with E-state index in [1.807, 2.05) is 0 Å². The molecule has 4 heteroatoms. The lowest BCUT2D eigenvalue weighted by atomic mass is 10.0. The van der Waals surface area contributed by atoms with Gasteiger partial charge in [0, 0.05) is 6.42 Å². The van der Waals surface area contributed by atoms with Gasteiger partial charge in [0.2, 0.25) is 5.91 Å². The Morgan fingerprint density at radius 2 is 0.727 bits per heavy atom. The molecular formula is C40H81NO3. The summed E-state index contributed by atoms with van der Waals surface area (Å²) in [5, 5.41) is 23.0. The summed E-state index contributed by atoms with van der Waals surface area (Å²) in [5.74, 6) is -0.0357. The number of amides is 1. The van der Waals surface area contributed by atoms with Gasteiger partial charge in [-0.05, 0) is 12.8 Å². The van der Waals surface area contributed by atoms with E-state index in [0.29, 0.717) is 12.8 Å². The Morgan fingerprint density at radius 3 is 1.02 bits per heavy atom. The van der Waals surface area contributed by atoms with Crippen LogP contribution in [0.5, 0.6) is 0 Å². The Kier molecular flexibility index (Phi) is 36.3. The number of hydrogen-bond acceptors (Lipinski definition) is 3. The first-order valence-electron chi connectivity index (χ1n) is 20.2. The molecule has 1 amide bonds. The van der Waals surface area contributed by atoms with Gasteiger partial charge in [0.05, 0.1) is 18.8 Å². The van der Waals surface area contributed by atoms with E-state index in [-0.39, 0.29) is 12.5 Å². The van der Waals surface area contributed by atoms with Gasteiger partial charge >= 0.3 is 0 Å². The molecule has 0 aromatic carbocycles.